The number of hydrogen-bond acceptors (Lipinski definition) is 4. The van der Waals surface area contributed by atoms with Gasteiger partial charge in [-0.2, -0.15) is 0 Å². The quantitative estimate of drug-likeness (QED) is 0.177. The number of para-hydroxylation sites is 3. The van der Waals surface area contributed by atoms with Gasteiger partial charge in [0.1, 0.15) is 28.2 Å². The predicted octanol–water partition coefficient (Wildman–Crippen LogP) is 17.7. The molecule has 0 spiro atoms. The van der Waals surface area contributed by atoms with Crippen LogP contribution >= 0.6 is 0 Å². The van der Waals surface area contributed by atoms with Crippen LogP contribution in [0.15, 0.2) is 237 Å². The summed E-state index contributed by atoms with van der Waals surface area (Å²) in [6.45, 7) is 0. The molecule has 0 saturated carbocycles. The summed E-state index contributed by atoms with van der Waals surface area (Å²) in [6.07, 6.45) is 3.65. The Kier molecular flexibility index (Phi) is 8.19. The number of rotatable bonds is 3. The minimum Gasteiger partial charge on any atom is -0.456 e. The number of amidine groups is 1. The van der Waals surface area contributed by atoms with Gasteiger partial charge in [-0.3, -0.25) is 4.57 Å². The van der Waals surface area contributed by atoms with Gasteiger partial charge in [0.05, 0.1) is 38.8 Å². The topological polar surface area (TPSA) is 60.9 Å². The summed E-state index contributed by atoms with van der Waals surface area (Å²) in [5.74, 6) is 1.53. The second-order valence-corrected chi connectivity index (χ2v) is 19.1. The van der Waals surface area contributed by atoms with E-state index >= 15 is 0 Å². The van der Waals surface area contributed by atoms with Crippen LogP contribution in [0.5, 0.6) is 0 Å². The fourth-order valence-corrected chi connectivity index (χ4v) is 12.0. The zero-order chi connectivity index (χ0) is 47.0. The molecule has 336 valence electrons. The number of aliphatic imine (C=N–C) groups is 2. The second kappa shape index (κ2) is 15.0. The van der Waals surface area contributed by atoms with E-state index in [-0.39, 0.29) is 0 Å². The summed E-state index contributed by atoms with van der Waals surface area (Å²) < 4.78 is 18.7. The molecule has 0 fully saturated rings. The Labute approximate surface area is 411 Å². The third kappa shape index (κ3) is 5.60. The first-order valence-electron chi connectivity index (χ1n) is 24.7. The van der Waals surface area contributed by atoms with Gasteiger partial charge >= 0.3 is 0 Å². The average Bonchev–Trinajstić information content (AvgIpc) is 4.19. The van der Waals surface area contributed by atoms with Gasteiger partial charge in [0.2, 0.25) is 0 Å². The van der Waals surface area contributed by atoms with E-state index in [0.29, 0.717) is 18.7 Å². The standard InChI is InChI=1S/C66H40N4O2/c1-2-18-42-38-57-52(37-41(42)17-1)47-33-31-39-15-3-5-19-43(39)63(47)70(57)56-36-35-48(65-62(56)50-34-32-40-16-4-6-20-44(40)64(50)72-65)53-25-14-30-60(69-54-26-10-7-21-45(54)46-22-8-11-27-55(46)69)68-66(67-53)51-24-13-29-59-61(51)49-23-9-12-28-58(49)71-59/h1-13,15-29,31-38H,14,30H2/b53-25-,67-66-,68-60+. The highest BCUT2D eigenvalue weighted by Gasteiger charge is 2.26. The van der Waals surface area contributed by atoms with Crippen molar-refractivity contribution < 1.29 is 8.83 Å². The summed E-state index contributed by atoms with van der Waals surface area (Å²) in [4.78, 5) is 11.5. The van der Waals surface area contributed by atoms with E-state index in [1.54, 1.807) is 0 Å². The van der Waals surface area contributed by atoms with Crippen molar-refractivity contribution in [3.8, 4) is 5.69 Å². The van der Waals surface area contributed by atoms with Crippen molar-refractivity contribution in [2.75, 3.05) is 0 Å². The van der Waals surface area contributed by atoms with Crippen molar-refractivity contribution in [3.63, 3.8) is 0 Å². The van der Waals surface area contributed by atoms with Crippen LogP contribution in [0.25, 0.3) is 131 Å². The average molecular weight is 921 g/mol. The summed E-state index contributed by atoms with van der Waals surface area (Å²) in [6, 6.07) is 76.0. The van der Waals surface area contributed by atoms with E-state index < -0.39 is 0 Å². The van der Waals surface area contributed by atoms with E-state index in [1.807, 2.05) is 18.2 Å². The van der Waals surface area contributed by atoms with Crippen LogP contribution in [0.1, 0.15) is 24.0 Å². The first-order chi connectivity index (χ1) is 35.7. The van der Waals surface area contributed by atoms with Gasteiger partial charge in [0.25, 0.3) is 0 Å². The van der Waals surface area contributed by atoms with E-state index in [9.17, 15) is 0 Å². The molecule has 0 amide bonds. The molecule has 0 aliphatic carbocycles. The summed E-state index contributed by atoms with van der Waals surface area (Å²) in [5.41, 5.74) is 11.4. The Morgan fingerprint density at radius 1 is 0.375 bits per heavy atom. The molecule has 15 aromatic rings. The minimum atomic E-state index is 0.606. The number of hydrogen-bond donors (Lipinski definition) is 0. The maximum absolute atomic E-state index is 7.40. The third-order valence-corrected chi connectivity index (χ3v) is 15.2. The molecule has 11 aromatic carbocycles. The molecule has 0 saturated heterocycles. The lowest BCUT2D eigenvalue weighted by Crippen LogP contribution is -2.16. The summed E-state index contributed by atoms with van der Waals surface area (Å²) in [5, 5.41) is 15.9. The molecule has 6 heteroatoms. The van der Waals surface area contributed by atoms with Gasteiger partial charge in [-0.15, -0.1) is 0 Å². The summed E-state index contributed by atoms with van der Waals surface area (Å²) in [7, 11) is 0. The molecule has 0 N–H and O–H groups in total. The minimum absolute atomic E-state index is 0.606. The summed E-state index contributed by atoms with van der Waals surface area (Å²) >= 11 is 0. The van der Waals surface area contributed by atoms with Gasteiger partial charge in [0.15, 0.2) is 5.84 Å². The third-order valence-electron chi connectivity index (χ3n) is 15.2. The van der Waals surface area contributed by atoms with Crippen LogP contribution in [0, 0.1) is 0 Å². The lowest BCUT2D eigenvalue weighted by Gasteiger charge is -2.17. The Hall–Kier alpha value is -9.52. The second-order valence-electron chi connectivity index (χ2n) is 19.1. The van der Waals surface area contributed by atoms with Gasteiger partial charge in [0, 0.05) is 66.0 Å². The molecule has 5 heterocycles. The van der Waals surface area contributed by atoms with E-state index in [2.05, 4.69) is 209 Å². The van der Waals surface area contributed by atoms with Gasteiger partial charge in [-0.1, -0.05) is 164 Å². The van der Waals surface area contributed by atoms with Gasteiger partial charge in [-0.05, 0) is 82.6 Å². The SMILES string of the molecule is C1=C(c2ccc(-n3c4cc5ccccc5cc4c4ccc5ccccc5c43)c3c2oc2c4ccccc4ccc23)/N=C(c2cccc3oc4ccccc4c23)\N=C(\n2c3ccccc3c3ccccc32)CC\1. The molecule has 16 rings (SSSR count). The highest BCUT2D eigenvalue weighted by Crippen LogP contribution is 2.46. The highest BCUT2D eigenvalue weighted by molar-refractivity contribution is 6.26. The maximum Gasteiger partial charge on any atom is 0.162 e. The molecule has 4 aromatic heterocycles. The van der Waals surface area contributed by atoms with Crippen molar-refractivity contribution in [2.24, 2.45) is 9.98 Å². The van der Waals surface area contributed by atoms with Crippen LogP contribution in [0.3, 0.4) is 0 Å². The first-order valence-corrected chi connectivity index (χ1v) is 24.7. The largest absolute Gasteiger partial charge is 0.456 e. The van der Waals surface area contributed by atoms with Crippen LogP contribution in [0.2, 0.25) is 0 Å². The predicted molar refractivity (Wildman–Crippen MR) is 300 cm³/mol. The first kappa shape index (κ1) is 39.3. The van der Waals surface area contributed by atoms with Crippen molar-refractivity contribution in [3.05, 3.63) is 230 Å². The molecule has 0 unspecified atom stereocenters. The molecule has 0 bridgehead atoms. The lowest BCUT2D eigenvalue weighted by molar-refractivity contribution is 0.669. The molecule has 0 radical (unpaired) electrons. The van der Waals surface area contributed by atoms with Crippen molar-refractivity contribution in [2.45, 2.75) is 12.8 Å². The normalized spacial score (nSPS) is 15.9. The zero-order valence-electron chi connectivity index (χ0n) is 38.8. The Balaban J connectivity index is 1.01. The number of furan rings is 2. The molecule has 72 heavy (non-hydrogen) atoms. The van der Waals surface area contributed by atoms with E-state index in [0.717, 1.165) is 99.5 Å². The molecule has 0 atom stereocenters. The zero-order valence-corrected chi connectivity index (χ0v) is 38.8. The fourth-order valence-electron chi connectivity index (χ4n) is 12.0. The Morgan fingerprint density at radius 3 is 1.81 bits per heavy atom. The van der Waals surface area contributed by atoms with Crippen molar-refractivity contribution in [1.29, 1.82) is 0 Å². The monoisotopic (exact) mass is 920 g/mol. The molecular formula is C66H40N4O2. The number of aromatic nitrogens is 2. The highest BCUT2D eigenvalue weighted by atomic mass is 16.3. The molecule has 6 nitrogen and oxygen atoms in total. The number of allylic oxidation sites excluding steroid dienone is 1. The van der Waals surface area contributed by atoms with E-state index in [4.69, 9.17) is 18.8 Å². The number of fused-ring (bicyclic) bond motifs is 17. The lowest BCUT2D eigenvalue weighted by atomic mass is 10.0. The maximum atomic E-state index is 7.40. The molecule has 1 aliphatic heterocycles. The van der Waals surface area contributed by atoms with Crippen LogP contribution in [-0.4, -0.2) is 20.8 Å². The van der Waals surface area contributed by atoms with Crippen molar-refractivity contribution >= 4 is 137 Å². The van der Waals surface area contributed by atoms with Crippen LogP contribution in [-0.2, 0) is 0 Å². The fraction of sp³-hybridized carbons (Fsp3) is 0.0303. The van der Waals surface area contributed by atoms with E-state index in [1.165, 1.54) is 48.6 Å². The molecule has 1 aliphatic rings. The van der Waals surface area contributed by atoms with Gasteiger partial charge < -0.3 is 13.4 Å². The van der Waals surface area contributed by atoms with Crippen LogP contribution < -0.4 is 0 Å². The van der Waals surface area contributed by atoms with Crippen LogP contribution in [0.4, 0.5) is 0 Å². The number of benzene rings is 11. The Bertz CT molecular complexity index is 4880. The number of nitrogens with zero attached hydrogens (tertiary/aromatic N) is 4. The van der Waals surface area contributed by atoms with Gasteiger partial charge in [-0.25, -0.2) is 9.98 Å². The smallest absolute Gasteiger partial charge is 0.162 e. The van der Waals surface area contributed by atoms with Crippen molar-refractivity contribution in [1.82, 2.24) is 9.13 Å². The Morgan fingerprint density at radius 2 is 1.01 bits per heavy atom. The molecular weight excluding hydrogens is 881 g/mol.